The summed E-state index contributed by atoms with van der Waals surface area (Å²) in [6.07, 6.45) is 5.08. The van der Waals surface area contributed by atoms with Gasteiger partial charge in [-0.1, -0.05) is 43.3 Å². The van der Waals surface area contributed by atoms with Gasteiger partial charge < -0.3 is 9.52 Å². The Morgan fingerprint density at radius 2 is 1.82 bits per heavy atom. The van der Waals surface area contributed by atoms with E-state index in [-0.39, 0.29) is 17.1 Å². The summed E-state index contributed by atoms with van der Waals surface area (Å²) in [5.41, 5.74) is 6.78. The van der Waals surface area contributed by atoms with E-state index in [1.807, 2.05) is 37.3 Å². The van der Waals surface area contributed by atoms with Crippen LogP contribution in [0, 0.1) is 6.92 Å². The van der Waals surface area contributed by atoms with Crippen molar-refractivity contribution < 1.29 is 19.1 Å². The Morgan fingerprint density at radius 1 is 1.00 bits per heavy atom. The summed E-state index contributed by atoms with van der Waals surface area (Å²) in [6.45, 7) is 4.11. The van der Waals surface area contributed by atoms with E-state index in [1.165, 1.54) is 0 Å². The fraction of sp³-hybridized carbons (Fsp3) is 0.303. The number of Topliss-reactive ketones (excluding diaryl/α,β-unsaturated/α-hetero) is 1. The molecule has 5 nitrogen and oxygen atoms in total. The number of carbonyl (C=O) groups is 2. The summed E-state index contributed by atoms with van der Waals surface area (Å²) in [7, 11) is 0. The van der Waals surface area contributed by atoms with Gasteiger partial charge in [0.05, 0.1) is 10.9 Å². The number of carbonyl (C=O) groups excluding carboxylic acids is 1. The van der Waals surface area contributed by atoms with Crippen molar-refractivity contribution >= 4 is 22.7 Å². The monoisotopic (exact) mass is 508 g/mol. The van der Waals surface area contributed by atoms with Gasteiger partial charge in [0.15, 0.2) is 5.43 Å². The predicted octanol–water partition coefficient (Wildman–Crippen LogP) is 7.04. The van der Waals surface area contributed by atoms with Crippen LogP contribution in [0.2, 0.25) is 0 Å². The topological polar surface area (TPSA) is 84.6 Å². The van der Waals surface area contributed by atoms with Crippen molar-refractivity contribution in [2.45, 2.75) is 64.7 Å². The van der Waals surface area contributed by atoms with E-state index < -0.39 is 5.97 Å². The summed E-state index contributed by atoms with van der Waals surface area (Å²) in [5, 5.41) is 10.1. The average Bonchev–Trinajstić information content (AvgIpc) is 3.08. The summed E-state index contributed by atoms with van der Waals surface area (Å²) >= 11 is 0. The van der Waals surface area contributed by atoms with Gasteiger partial charge in [-0.3, -0.25) is 9.59 Å². The van der Waals surface area contributed by atoms with Crippen LogP contribution < -0.4 is 5.43 Å². The quantitative estimate of drug-likeness (QED) is 0.271. The SMILES string of the molecule is Cc1cc([C@@H](C)CCCc2ccccc2C(=O)O)c2oc(-c3ccc4c(c3)CCCC(=O)C4)cc(=O)c2c1. The van der Waals surface area contributed by atoms with Gasteiger partial charge in [-0.05, 0) is 91.0 Å². The zero-order valence-electron chi connectivity index (χ0n) is 21.9. The number of carboxylic acids is 1. The first-order valence-corrected chi connectivity index (χ1v) is 13.3. The van der Waals surface area contributed by atoms with E-state index in [0.29, 0.717) is 41.6 Å². The van der Waals surface area contributed by atoms with Crippen molar-refractivity contribution in [2.75, 3.05) is 0 Å². The molecule has 0 saturated heterocycles. The first-order chi connectivity index (χ1) is 18.3. The third-order valence-corrected chi connectivity index (χ3v) is 7.64. The van der Waals surface area contributed by atoms with Gasteiger partial charge in [0.1, 0.15) is 17.1 Å². The molecule has 1 heterocycles. The van der Waals surface area contributed by atoms with Gasteiger partial charge in [-0.2, -0.15) is 0 Å². The zero-order chi connectivity index (χ0) is 26.8. The van der Waals surface area contributed by atoms with Crippen LogP contribution in [-0.2, 0) is 24.1 Å². The van der Waals surface area contributed by atoms with Crippen LogP contribution in [0.25, 0.3) is 22.3 Å². The van der Waals surface area contributed by atoms with Crippen molar-refractivity contribution in [1.29, 1.82) is 0 Å². The molecule has 1 atom stereocenters. The molecule has 3 aromatic carbocycles. The molecule has 5 heteroatoms. The molecule has 0 bridgehead atoms. The largest absolute Gasteiger partial charge is 0.478 e. The second-order valence-corrected chi connectivity index (χ2v) is 10.5. The van der Waals surface area contributed by atoms with Crippen molar-refractivity contribution in [3.05, 3.63) is 104 Å². The van der Waals surface area contributed by atoms with Crippen molar-refractivity contribution in [2.24, 2.45) is 0 Å². The summed E-state index contributed by atoms with van der Waals surface area (Å²) in [6, 6.07) is 18.7. The summed E-state index contributed by atoms with van der Waals surface area (Å²) < 4.78 is 6.45. The van der Waals surface area contributed by atoms with Gasteiger partial charge in [0.2, 0.25) is 0 Å². The first kappa shape index (κ1) is 25.7. The fourth-order valence-corrected chi connectivity index (χ4v) is 5.61. The molecule has 194 valence electrons. The van der Waals surface area contributed by atoms with Crippen LogP contribution in [-0.4, -0.2) is 16.9 Å². The Labute approximate surface area is 222 Å². The molecule has 4 aromatic rings. The van der Waals surface area contributed by atoms with Crippen molar-refractivity contribution in [3.8, 4) is 11.3 Å². The number of aryl methyl sites for hydroxylation is 3. The number of aromatic carboxylic acids is 1. The molecule has 0 aliphatic heterocycles. The lowest BCUT2D eigenvalue weighted by molar-refractivity contribution is -0.118. The van der Waals surface area contributed by atoms with E-state index >= 15 is 0 Å². The highest BCUT2D eigenvalue weighted by molar-refractivity contribution is 5.89. The number of rotatable bonds is 7. The Morgan fingerprint density at radius 3 is 2.63 bits per heavy atom. The predicted molar refractivity (Wildman–Crippen MR) is 149 cm³/mol. The highest BCUT2D eigenvalue weighted by Gasteiger charge is 2.19. The van der Waals surface area contributed by atoms with E-state index in [9.17, 15) is 19.5 Å². The van der Waals surface area contributed by atoms with E-state index in [2.05, 4.69) is 19.1 Å². The van der Waals surface area contributed by atoms with Gasteiger partial charge in [0, 0.05) is 24.5 Å². The molecule has 1 aliphatic rings. The molecule has 0 radical (unpaired) electrons. The number of hydrogen-bond donors (Lipinski definition) is 1. The minimum absolute atomic E-state index is 0.0705. The molecule has 0 amide bonds. The molecule has 5 rings (SSSR count). The van der Waals surface area contributed by atoms with Crippen molar-refractivity contribution in [1.82, 2.24) is 0 Å². The molecule has 1 aromatic heterocycles. The van der Waals surface area contributed by atoms with Crippen LogP contribution in [0.1, 0.15) is 76.7 Å². The highest BCUT2D eigenvalue weighted by atomic mass is 16.4. The van der Waals surface area contributed by atoms with Crippen LogP contribution in [0.5, 0.6) is 0 Å². The molecular formula is C33H32O5. The molecule has 0 fully saturated rings. The van der Waals surface area contributed by atoms with E-state index in [1.54, 1.807) is 18.2 Å². The molecule has 0 saturated carbocycles. The van der Waals surface area contributed by atoms with E-state index in [4.69, 9.17) is 4.42 Å². The number of fused-ring (bicyclic) bond motifs is 2. The zero-order valence-corrected chi connectivity index (χ0v) is 21.9. The third kappa shape index (κ3) is 5.33. The molecule has 1 aliphatic carbocycles. The summed E-state index contributed by atoms with van der Waals surface area (Å²) in [4.78, 5) is 36.8. The maximum absolute atomic E-state index is 13.2. The molecule has 38 heavy (non-hydrogen) atoms. The second kappa shape index (κ2) is 10.8. The maximum atomic E-state index is 13.2. The number of carboxylic acid groups (broad SMARTS) is 1. The van der Waals surface area contributed by atoms with E-state index in [0.717, 1.165) is 59.1 Å². The standard InChI is InChI=1S/C33H32O5/c1-20-15-28(21(2)7-5-9-22-8-3-4-12-27(22)33(36)37)32-29(16-20)30(35)19-31(38-32)25-14-13-24-18-26(34)11-6-10-23(24)17-25/h3-4,8,12-17,19,21H,5-7,9-11,18H2,1-2H3,(H,36,37)/t21-/m0/s1. The molecule has 0 spiro atoms. The fourth-order valence-electron chi connectivity index (χ4n) is 5.61. The molecular weight excluding hydrogens is 476 g/mol. The smallest absolute Gasteiger partial charge is 0.335 e. The second-order valence-electron chi connectivity index (χ2n) is 10.5. The Hall–Kier alpha value is -3.99. The molecule has 1 N–H and O–H groups in total. The Kier molecular flexibility index (Phi) is 7.28. The minimum Gasteiger partial charge on any atom is -0.478 e. The van der Waals surface area contributed by atoms with Gasteiger partial charge >= 0.3 is 5.97 Å². The van der Waals surface area contributed by atoms with Crippen LogP contribution >= 0.6 is 0 Å². The van der Waals surface area contributed by atoms with Crippen LogP contribution in [0.15, 0.2) is 69.9 Å². The Balaban J connectivity index is 1.45. The minimum atomic E-state index is -0.906. The number of benzene rings is 3. The van der Waals surface area contributed by atoms with Crippen LogP contribution in [0.4, 0.5) is 0 Å². The lowest BCUT2D eigenvalue weighted by Gasteiger charge is -2.16. The highest BCUT2D eigenvalue weighted by Crippen LogP contribution is 2.33. The van der Waals surface area contributed by atoms with Gasteiger partial charge in [-0.25, -0.2) is 4.79 Å². The lowest BCUT2D eigenvalue weighted by atomic mass is 9.90. The Bertz CT molecular complexity index is 1590. The van der Waals surface area contributed by atoms with Gasteiger partial charge in [0.25, 0.3) is 0 Å². The maximum Gasteiger partial charge on any atom is 0.335 e. The number of ketones is 1. The third-order valence-electron chi connectivity index (χ3n) is 7.64. The first-order valence-electron chi connectivity index (χ1n) is 13.3. The lowest BCUT2D eigenvalue weighted by Crippen LogP contribution is -2.06. The molecule has 0 unspecified atom stereocenters. The number of hydrogen-bond acceptors (Lipinski definition) is 4. The van der Waals surface area contributed by atoms with Gasteiger partial charge in [-0.15, -0.1) is 0 Å². The van der Waals surface area contributed by atoms with Crippen molar-refractivity contribution in [3.63, 3.8) is 0 Å². The summed E-state index contributed by atoms with van der Waals surface area (Å²) in [5.74, 6) is 0.0191. The van der Waals surface area contributed by atoms with Crippen LogP contribution in [0.3, 0.4) is 0 Å². The normalized spacial score (nSPS) is 14.2. The average molecular weight is 509 g/mol.